The highest BCUT2D eigenvalue weighted by Gasteiger charge is 2.41. The van der Waals surface area contributed by atoms with Crippen LogP contribution in [-0.4, -0.2) is 45.5 Å². The van der Waals surface area contributed by atoms with E-state index in [4.69, 9.17) is 11.6 Å². The Hall–Kier alpha value is -1.73. The summed E-state index contributed by atoms with van der Waals surface area (Å²) in [5.41, 5.74) is 0.344. The minimum atomic E-state index is -1.17. The number of benzene rings is 1. The van der Waals surface area contributed by atoms with E-state index in [0.717, 1.165) is 4.90 Å². The number of hydrogen-bond acceptors (Lipinski definition) is 4. The van der Waals surface area contributed by atoms with Crippen LogP contribution < -0.4 is 5.32 Å². The van der Waals surface area contributed by atoms with E-state index in [2.05, 4.69) is 5.32 Å². The number of barbiturate groups is 1. The summed E-state index contributed by atoms with van der Waals surface area (Å²) in [6.45, 7) is -0.0119. The van der Waals surface area contributed by atoms with Crippen LogP contribution in [0.4, 0.5) is 4.79 Å². The second-order valence-electron chi connectivity index (χ2n) is 4.52. The molecule has 0 spiro atoms. The minimum absolute atomic E-state index is 0.0119. The second-order valence-corrected chi connectivity index (χ2v) is 6.48. The number of hydrogen-bond donors (Lipinski definition) is 1. The monoisotopic (exact) mass is 328 g/mol. The van der Waals surface area contributed by atoms with Crippen LogP contribution in [-0.2, 0) is 20.4 Å². The number of carbonyl (C=O) groups is 3. The third-order valence-corrected chi connectivity index (χ3v) is 4.17. The van der Waals surface area contributed by atoms with Crippen molar-refractivity contribution in [1.29, 1.82) is 0 Å². The van der Waals surface area contributed by atoms with Crippen molar-refractivity contribution in [3.05, 3.63) is 34.9 Å². The highest BCUT2D eigenvalue weighted by atomic mass is 35.5. The Balaban J connectivity index is 2.31. The molecule has 8 heteroatoms. The summed E-state index contributed by atoms with van der Waals surface area (Å²) in [6, 6.07) is 5.68. The predicted molar refractivity (Wildman–Crippen MR) is 78.4 cm³/mol. The molecular formula is C13H13ClN2O4S. The Labute approximate surface area is 128 Å². The second kappa shape index (κ2) is 6.36. The lowest BCUT2D eigenvalue weighted by Crippen LogP contribution is -2.57. The van der Waals surface area contributed by atoms with E-state index < -0.39 is 34.6 Å². The number of amides is 4. The molecule has 1 heterocycles. The molecule has 0 radical (unpaired) electrons. The molecule has 1 aromatic carbocycles. The van der Waals surface area contributed by atoms with Gasteiger partial charge in [0.1, 0.15) is 5.92 Å². The summed E-state index contributed by atoms with van der Waals surface area (Å²) >= 11 is 6.02. The molecule has 1 aliphatic heterocycles. The molecule has 1 aliphatic rings. The average molecular weight is 329 g/mol. The maximum absolute atomic E-state index is 12.4. The van der Waals surface area contributed by atoms with Crippen molar-refractivity contribution in [2.45, 2.75) is 5.92 Å². The van der Waals surface area contributed by atoms with Crippen molar-refractivity contribution in [2.75, 3.05) is 18.6 Å². The van der Waals surface area contributed by atoms with Gasteiger partial charge in [-0.05, 0) is 11.6 Å². The number of nitrogens with one attached hydrogen (secondary N) is 1. The largest absolute Gasteiger partial charge is 0.330 e. The molecule has 6 nitrogen and oxygen atoms in total. The zero-order valence-corrected chi connectivity index (χ0v) is 12.7. The van der Waals surface area contributed by atoms with Crippen LogP contribution in [0.15, 0.2) is 24.3 Å². The quantitative estimate of drug-likeness (QED) is 0.832. The molecule has 0 bridgehead atoms. The van der Waals surface area contributed by atoms with E-state index in [1.165, 1.54) is 6.26 Å². The minimum Gasteiger partial charge on any atom is -0.277 e. The molecular weight excluding hydrogens is 316 g/mol. The van der Waals surface area contributed by atoms with Gasteiger partial charge in [0.25, 0.3) is 0 Å². The lowest BCUT2D eigenvalue weighted by Gasteiger charge is -2.30. The lowest BCUT2D eigenvalue weighted by atomic mass is 9.95. The van der Waals surface area contributed by atoms with Crippen LogP contribution >= 0.6 is 11.6 Å². The third-order valence-electron chi connectivity index (χ3n) is 3.07. The summed E-state index contributed by atoms with van der Waals surface area (Å²) in [5, 5.41) is 2.41. The Bertz CT molecular complexity index is 634. The first kappa shape index (κ1) is 15.7. The number of imide groups is 2. The number of carbonyl (C=O) groups excluding carboxylic acids is 3. The van der Waals surface area contributed by atoms with Gasteiger partial charge in [0.05, 0.1) is 0 Å². The fourth-order valence-electron chi connectivity index (χ4n) is 2.03. The molecule has 0 saturated carbocycles. The molecule has 21 heavy (non-hydrogen) atoms. The summed E-state index contributed by atoms with van der Waals surface area (Å²) < 4.78 is 11.1. The molecule has 1 N–H and O–H groups in total. The molecule has 2 atom stereocenters. The van der Waals surface area contributed by atoms with Gasteiger partial charge < -0.3 is 0 Å². The molecule has 2 rings (SSSR count). The topological polar surface area (TPSA) is 83.6 Å². The Kier molecular flexibility index (Phi) is 4.74. The van der Waals surface area contributed by atoms with Gasteiger partial charge in [0, 0.05) is 34.4 Å². The lowest BCUT2D eigenvalue weighted by molar-refractivity contribution is -0.138. The molecule has 1 aromatic rings. The van der Waals surface area contributed by atoms with E-state index >= 15 is 0 Å². The summed E-state index contributed by atoms with van der Waals surface area (Å²) in [5.74, 6) is -2.36. The molecule has 1 saturated heterocycles. The Morgan fingerprint density at radius 1 is 1.29 bits per heavy atom. The Morgan fingerprint density at radius 2 is 1.95 bits per heavy atom. The smallest absolute Gasteiger partial charge is 0.277 e. The number of rotatable bonds is 4. The van der Waals surface area contributed by atoms with Gasteiger partial charge >= 0.3 is 6.03 Å². The molecule has 0 aliphatic carbocycles. The molecule has 112 valence electrons. The first-order chi connectivity index (χ1) is 9.91. The summed E-state index contributed by atoms with van der Waals surface area (Å²) in [6.07, 6.45) is 1.48. The van der Waals surface area contributed by atoms with E-state index in [1.54, 1.807) is 24.3 Å². The number of urea groups is 1. The highest BCUT2D eigenvalue weighted by Crippen LogP contribution is 2.28. The fraction of sp³-hybridized carbons (Fsp3) is 0.308. The molecule has 2 unspecified atom stereocenters. The zero-order chi connectivity index (χ0) is 15.6. The third kappa shape index (κ3) is 3.30. The predicted octanol–water partition coefficient (Wildman–Crippen LogP) is 0.880. The normalized spacial score (nSPS) is 20.4. The van der Waals surface area contributed by atoms with Crippen LogP contribution in [0.3, 0.4) is 0 Å². The van der Waals surface area contributed by atoms with Crippen LogP contribution in [0.5, 0.6) is 0 Å². The van der Waals surface area contributed by atoms with Crippen molar-refractivity contribution in [3.8, 4) is 0 Å². The van der Waals surface area contributed by atoms with E-state index in [9.17, 15) is 18.6 Å². The van der Waals surface area contributed by atoms with Gasteiger partial charge in [-0.2, -0.15) is 0 Å². The number of halogens is 1. The van der Waals surface area contributed by atoms with Gasteiger partial charge in [-0.25, -0.2) is 4.79 Å². The van der Waals surface area contributed by atoms with Crippen molar-refractivity contribution in [1.82, 2.24) is 10.2 Å². The van der Waals surface area contributed by atoms with E-state index in [0.29, 0.717) is 5.56 Å². The van der Waals surface area contributed by atoms with E-state index in [1.807, 2.05) is 0 Å². The van der Waals surface area contributed by atoms with Gasteiger partial charge in [0.2, 0.25) is 11.8 Å². The highest BCUT2D eigenvalue weighted by molar-refractivity contribution is 7.84. The van der Waals surface area contributed by atoms with Gasteiger partial charge in [-0.3, -0.25) is 24.0 Å². The van der Waals surface area contributed by atoms with Crippen LogP contribution in [0.1, 0.15) is 11.5 Å². The fourth-order valence-corrected chi connectivity index (χ4v) is 2.71. The zero-order valence-electron chi connectivity index (χ0n) is 11.2. The SMILES string of the molecule is CS(=O)CCN1C(=O)NC(=O)C(c2ccccc2Cl)C1=O. The van der Waals surface area contributed by atoms with Gasteiger partial charge in [0.15, 0.2) is 0 Å². The van der Waals surface area contributed by atoms with Crippen LogP contribution in [0, 0.1) is 0 Å². The van der Waals surface area contributed by atoms with Crippen molar-refractivity contribution in [3.63, 3.8) is 0 Å². The standard InChI is InChI=1S/C13H13ClN2O4S/c1-21(20)7-6-16-12(18)10(11(17)15-13(16)19)8-4-2-3-5-9(8)14/h2-5,10H,6-7H2,1H3,(H,15,17,19). The van der Waals surface area contributed by atoms with E-state index in [-0.39, 0.29) is 17.3 Å². The summed E-state index contributed by atoms with van der Waals surface area (Å²) in [7, 11) is -1.15. The number of nitrogens with zero attached hydrogens (tertiary/aromatic N) is 1. The van der Waals surface area contributed by atoms with Gasteiger partial charge in [-0.1, -0.05) is 29.8 Å². The average Bonchev–Trinajstić information content (AvgIpc) is 2.40. The molecule has 4 amide bonds. The van der Waals surface area contributed by atoms with Crippen molar-refractivity contribution >= 4 is 40.2 Å². The summed E-state index contributed by atoms with van der Waals surface area (Å²) in [4.78, 5) is 37.0. The Morgan fingerprint density at radius 3 is 2.57 bits per heavy atom. The van der Waals surface area contributed by atoms with Crippen molar-refractivity contribution < 1.29 is 18.6 Å². The first-order valence-electron chi connectivity index (χ1n) is 6.12. The maximum Gasteiger partial charge on any atom is 0.330 e. The molecule has 1 fully saturated rings. The van der Waals surface area contributed by atoms with Gasteiger partial charge in [-0.15, -0.1) is 0 Å². The molecule has 0 aromatic heterocycles. The maximum atomic E-state index is 12.4. The van der Waals surface area contributed by atoms with Crippen LogP contribution in [0.2, 0.25) is 5.02 Å². The van der Waals surface area contributed by atoms with Crippen LogP contribution in [0.25, 0.3) is 0 Å². The van der Waals surface area contributed by atoms with Crippen molar-refractivity contribution in [2.24, 2.45) is 0 Å². The first-order valence-corrected chi connectivity index (χ1v) is 8.23.